The molecule has 0 amide bonds. The van der Waals surface area contributed by atoms with Gasteiger partial charge in [-0.2, -0.15) is 0 Å². The number of ketones is 1. The number of Topliss-reactive ketones (excluding diaryl/α,β-unsaturated/α-hetero) is 1. The zero-order chi connectivity index (χ0) is 12.4. The molecule has 0 aliphatic carbocycles. The third kappa shape index (κ3) is 2.04. The third-order valence-electron chi connectivity index (χ3n) is 3.31. The van der Waals surface area contributed by atoms with Crippen LogP contribution in [0.3, 0.4) is 0 Å². The van der Waals surface area contributed by atoms with Crippen LogP contribution in [0.1, 0.15) is 34.9 Å². The minimum absolute atomic E-state index is 0.0571. The van der Waals surface area contributed by atoms with Gasteiger partial charge in [-0.05, 0) is 36.1 Å². The smallest absolute Gasteiger partial charge is 0.198 e. The standard InChI is InChI=1S/C15H14O3/c16-13(15-6-3-8-17-15)10-11-7-9-18-14-5-2-1-4-12(11)14/h1-6,8,11H,7,9-10H2. The Kier molecular flexibility index (Phi) is 2.89. The van der Waals surface area contributed by atoms with Gasteiger partial charge in [0.05, 0.1) is 12.9 Å². The summed E-state index contributed by atoms with van der Waals surface area (Å²) in [5.74, 6) is 1.63. The van der Waals surface area contributed by atoms with E-state index in [1.165, 1.54) is 6.26 Å². The third-order valence-corrected chi connectivity index (χ3v) is 3.31. The summed E-state index contributed by atoms with van der Waals surface area (Å²) in [6, 6.07) is 11.4. The van der Waals surface area contributed by atoms with Crippen LogP contribution in [0.15, 0.2) is 47.1 Å². The van der Waals surface area contributed by atoms with Crippen molar-refractivity contribution in [3.8, 4) is 5.75 Å². The predicted octanol–water partition coefficient (Wildman–Crippen LogP) is 3.42. The fourth-order valence-corrected chi connectivity index (χ4v) is 2.39. The molecule has 1 atom stereocenters. The van der Waals surface area contributed by atoms with Crippen molar-refractivity contribution in [3.05, 3.63) is 54.0 Å². The lowest BCUT2D eigenvalue weighted by Gasteiger charge is -2.25. The van der Waals surface area contributed by atoms with E-state index in [-0.39, 0.29) is 11.7 Å². The summed E-state index contributed by atoms with van der Waals surface area (Å²) in [6.45, 7) is 0.674. The molecule has 0 saturated heterocycles. The predicted molar refractivity (Wildman–Crippen MR) is 67.0 cm³/mol. The molecule has 0 N–H and O–H groups in total. The van der Waals surface area contributed by atoms with Crippen molar-refractivity contribution in [2.45, 2.75) is 18.8 Å². The van der Waals surface area contributed by atoms with Gasteiger partial charge in [-0.15, -0.1) is 0 Å². The van der Waals surface area contributed by atoms with E-state index in [0.29, 0.717) is 18.8 Å². The van der Waals surface area contributed by atoms with Crippen molar-refractivity contribution in [1.82, 2.24) is 0 Å². The van der Waals surface area contributed by atoms with E-state index >= 15 is 0 Å². The molecule has 2 aromatic rings. The lowest BCUT2D eigenvalue weighted by molar-refractivity contribution is 0.0939. The largest absolute Gasteiger partial charge is 0.493 e. The zero-order valence-corrected chi connectivity index (χ0v) is 9.96. The highest BCUT2D eigenvalue weighted by Crippen LogP contribution is 2.36. The first-order valence-corrected chi connectivity index (χ1v) is 6.13. The Balaban J connectivity index is 1.80. The van der Waals surface area contributed by atoms with Crippen LogP contribution in [0.2, 0.25) is 0 Å². The van der Waals surface area contributed by atoms with Crippen molar-refractivity contribution >= 4 is 5.78 Å². The van der Waals surface area contributed by atoms with Gasteiger partial charge in [0.15, 0.2) is 11.5 Å². The molecule has 0 saturated carbocycles. The number of hydrogen-bond donors (Lipinski definition) is 0. The van der Waals surface area contributed by atoms with E-state index in [2.05, 4.69) is 0 Å². The average Bonchev–Trinajstić information content (AvgIpc) is 2.93. The van der Waals surface area contributed by atoms with Crippen LogP contribution >= 0.6 is 0 Å². The van der Waals surface area contributed by atoms with Crippen LogP contribution < -0.4 is 4.74 Å². The normalized spacial score (nSPS) is 17.9. The van der Waals surface area contributed by atoms with Crippen LogP contribution in [0.5, 0.6) is 5.75 Å². The molecule has 3 heteroatoms. The number of para-hydroxylation sites is 1. The fourth-order valence-electron chi connectivity index (χ4n) is 2.39. The number of rotatable bonds is 3. The number of ether oxygens (including phenoxy) is 1. The molecule has 3 nitrogen and oxygen atoms in total. The molecule has 2 heterocycles. The maximum atomic E-state index is 12.0. The van der Waals surface area contributed by atoms with Gasteiger partial charge in [0.2, 0.25) is 0 Å². The Morgan fingerprint density at radius 3 is 2.94 bits per heavy atom. The van der Waals surface area contributed by atoms with Crippen LogP contribution in [0.4, 0.5) is 0 Å². The molecule has 1 unspecified atom stereocenters. The average molecular weight is 242 g/mol. The van der Waals surface area contributed by atoms with Gasteiger partial charge in [-0.25, -0.2) is 0 Å². The Morgan fingerprint density at radius 1 is 1.22 bits per heavy atom. The lowest BCUT2D eigenvalue weighted by Crippen LogP contribution is -2.17. The van der Waals surface area contributed by atoms with E-state index in [9.17, 15) is 4.79 Å². The molecule has 0 bridgehead atoms. The van der Waals surface area contributed by atoms with Crippen molar-refractivity contribution in [2.24, 2.45) is 0 Å². The summed E-state index contributed by atoms with van der Waals surface area (Å²) in [6.07, 6.45) is 2.89. The first-order valence-electron chi connectivity index (χ1n) is 6.13. The Hall–Kier alpha value is -2.03. The van der Waals surface area contributed by atoms with E-state index in [0.717, 1.165) is 17.7 Å². The van der Waals surface area contributed by atoms with Gasteiger partial charge in [-0.1, -0.05) is 18.2 Å². The highest BCUT2D eigenvalue weighted by molar-refractivity contribution is 5.94. The molecule has 1 aliphatic rings. The molecule has 1 aliphatic heterocycles. The fraction of sp³-hybridized carbons (Fsp3) is 0.267. The summed E-state index contributed by atoms with van der Waals surface area (Å²) >= 11 is 0. The van der Waals surface area contributed by atoms with Gasteiger partial charge in [-0.3, -0.25) is 4.79 Å². The molecule has 0 radical (unpaired) electrons. The summed E-state index contributed by atoms with van der Waals surface area (Å²) in [5.41, 5.74) is 1.13. The Morgan fingerprint density at radius 2 is 2.11 bits per heavy atom. The second kappa shape index (κ2) is 4.69. The Labute approximate surface area is 105 Å². The van der Waals surface area contributed by atoms with Gasteiger partial charge >= 0.3 is 0 Å². The number of hydrogen-bond acceptors (Lipinski definition) is 3. The molecule has 0 spiro atoms. The molecule has 1 aromatic heterocycles. The number of carbonyl (C=O) groups is 1. The topological polar surface area (TPSA) is 39.4 Å². The van der Waals surface area contributed by atoms with Crippen LogP contribution in [0, 0.1) is 0 Å². The highest BCUT2D eigenvalue weighted by Gasteiger charge is 2.24. The minimum atomic E-state index is 0.0571. The van der Waals surface area contributed by atoms with Crippen molar-refractivity contribution < 1.29 is 13.9 Å². The van der Waals surface area contributed by atoms with E-state index in [1.807, 2.05) is 24.3 Å². The van der Waals surface area contributed by atoms with Crippen molar-refractivity contribution in [3.63, 3.8) is 0 Å². The summed E-state index contributed by atoms with van der Waals surface area (Å²) in [7, 11) is 0. The first-order chi connectivity index (χ1) is 8.84. The monoisotopic (exact) mass is 242 g/mol. The summed E-state index contributed by atoms with van der Waals surface area (Å²) < 4.78 is 10.7. The molecule has 92 valence electrons. The molecule has 18 heavy (non-hydrogen) atoms. The quantitative estimate of drug-likeness (QED) is 0.774. The van der Waals surface area contributed by atoms with Gasteiger partial charge < -0.3 is 9.15 Å². The van der Waals surface area contributed by atoms with Crippen molar-refractivity contribution in [1.29, 1.82) is 0 Å². The molecule has 3 rings (SSSR count). The van der Waals surface area contributed by atoms with E-state index in [4.69, 9.17) is 9.15 Å². The maximum absolute atomic E-state index is 12.0. The van der Waals surface area contributed by atoms with Gasteiger partial charge in [0, 0.05) is 6.42 Å². The van der Waals surface area contributed by atoms with Crippen LogP contribution in [0.25, 0.3) is 0 Å². The number of furan rings is 1. The highest BCUT2D eigenvalue weighted by atomic mass is 16.5. The zero-order valence-electron chi connectivity index (χ0n) is 9.96. The SMILES string of the molecule is O=C(CC1CCOc2ccccc21)c1ccco1. The van der Waals surface area contributed by atoms with Crippen LogP contribution in [-0.4, -0.2) is 12.4 Å². The van der Waals surface area contributed by atoms with E-state index < -0.39 is 0 Å². The summed E-state index contributed by atoms with van der Waals surface area (Å²) in [4.78, 5) is 12.0. The molecular weight excluding hydrogens is 228 g/mol. The first kappa shape index (κ1) is 11.1. The second-order valence-corrected chi connectivity index (χ2v) is 4.48. The molecular formula is C15H14O3. The number of benzene rings is 1. The van der Waals surface area contributed by atoms with Gasteiger partial charge in [0.1, 0.15) is 5.75 Å². The number of carbonyl (C=O) groups excluding carboxylic acids is 1. The number of fused-ring (bicyclic) bond motifs is 1. The second-order valence-electron chi connectivity index (χ2n) is 4.48. The van der Waals surface area contributed by atoms with Crippen molar-refractivity contribution in [2.75, 3.05) is 6.61 Å². The molecule has 1 aromatic carbocycles. The maximum Gasteiger partial charge on any atom is 0.198 e. The minimum Gasteiger partial charge on any atom is -0.493 e. The van der Waals surface area contributed by atoms with Crippen LogP contribution in [-0.2, 0) is 0 Å². The van der Waals surface area contributed by atoms with E-state index in [1.54, 1.807) is 12.1 Å². The Bertz CT molecular complexity index is 543. The lowest BCUT2D eigenvalue weighted by atomic mass is 9.88. The summed E-state index contributed by atoms with van der Waals surface area (Å²) in [5, 5.41) is 0. The molecule has 0 fully saturated rings. The van der Waals surface area contributed by atoms with Gasteiger partial charge in [0.25, 0.3) is 0 Å².